The first-order valence-electron chi connectivity index (χ1n) is 9.00. The lowest BCUT2D eigenvalue weighted by Crippen LogP contribution is -2.15. The van der Waals surface area contributed by atoms with Crippen molar-refractivity contribution < 1.29 is 14.4 Å². The van der Waals surface area contributed by atoms with E-state index in [2.05, 4.69) is 26.1 Å². The number of nitrogens with one attached hydrogen (secondary N) is 3. The van der Waals surface area contributed by atoms with E-state index in [0.717, 1.165) is 0 Å². The van der Waals surface area contributed by atoms with Crippen molar-refractivity contribution in [3.63, 3.8) is 0 Å². The monoisotopic (exact) mass is 421 g/mol. The molecule has 0 aliphatic heterocycles. The zero-order valence-electron chi connectivity index (χ0n) is 16.1. The standard InChI is InChI=1S/C21H19N5O3S/c1-14(27)22-16-8-5-9-17(12-16)23-19(28)13-30-20-11-10-18(25-26-20)24-21(29)15-6-3-2-4-7-15/h2-12H,13H2,1H3,(H,22,27)(H,23,28)(H,24,25,29). The summed E-state index contributed by atoms with van der Waals surface area (Å²) in [6.07, 6.45) is 0. The maximum atomic E-state index is 12.2. The molecule has 1 heterocycles. The van der Waals surface area contributed by atoms with E-state index in [1.807, 2.05) is 6.07 Å². The van der Waals surface area contributed by atoms with Crippen LogP contribution in [0, 0.1) is 0 Å². The van der Waals surface area contributed by atoms with Crippen molar-refractivity contribution in [2.45, 2.75) is 11.9 Å². The number of benzene rings is 2. The van der Waals surface area contributed by atoms with E-state index in [1.54, 1.807) is 60.7 Å². The molecular weight excluding hydrogens is 402 g/mol. The number of rotatable bonds is 7. The Bertz CT molecular complexity index is 1040. The van der Waals surface area contributed by atoms with E-state index in [-0.39, 0.29) is 23.5 Å². The highest BCUT2D eigenvalue weighted by Gasteiger charge is 2.09. The van der Waals surface area contributed by atoms with Crippen LogP contribution in [0.2, 0.25) is 0 Å². The molecule has 0 spiro atoms. The molecule has 3 aromatic rings. The van der Waals surface area contributed by atoms with Crippen molar-refractivity contribution in [1.82, 2.24) is 10.2 Å². The second-order valence-electron chi connectivity index (χ2n) is 6.18. The van der Waals surface area contributed by atoms with Gasteiger partial charge in [-0.2, -0.15) is 0 Å². The van der Waals surface area contributed by atoms with Crippen LogP contribution in [0.15, 0.2) is 71.8 Å². The Balaban J connectivity index is 1.49. The number of hydrogen-bond acceptors (Lipinski definition) is 6. The van der Waals surface area contributed by atoms with Crippen molar-refractivity contribution >= 4 is 46.7 Å². The number of thioether (sulfide) groups is 1. The zero-order chi connectivity index (χ0) is 21.3. The van der Waals surface area contributed by atoms with Gasteiger partial charge in [0, 0.05) is 23.9 Å². The summed E-state index contributed by atoms with van der Waals surface area (Å²) >= 11 is 1.22. The van der Waals surface area contributed by atoms with Crippen LogP contribution in [0.5, 0.6) is 0 Å². The molecule has 0 saturated heterocycles. The number of carbonyl (C=O) groups excluding carboxylic acids is 3. The second kappa shape index (κ2) is 10.2. The van der Waals surface area contributed by atoms with E-state index in [0.29, 0.717) is 27.8 Å². The summed E-state index contributed by atoms with van der Waals surface area (Å²) in [4.78, 5) is 35.4. The van der Waals surface area contributed by atoms with Gasteiger partial charge >= 0.3 is 0 Å². The maximum Gasteiger partial charge on any atom is 0.256 e. The quantitative estimate of drug-likeness (QED) is 0.504. The number of amides is 3. The summed E-state index contributed by atoms with van der Waals surface area (Å²) in [5, 5.41) is 16.6. The summed E-state index contributed by atoms with van der Waals surface area (Å²) in [5.41, 5.74) is 1.71. The third-order valence-corrected chi connectivity index (χ3v) is 4.66. The Morgan fingerprint density at radius 2 is 1.57 bits per heavy atom. The Labute approximate surface area is 177 Å². The topological polar surface area (TPSA) is 113 Å². The average Bonchev–Trinajstić information content (AvgIpc) is 2.73. The molecule has 0 unspecified atom stereocenters. The third kappa shape index (κ3) is 6.42. The predicted octanol–water partition coefficient (Wildman–Crippen LogP) is 3.42. The van der Waals surface area contributed by atoms with Crippen LogP contribution in [-0.2, 0) is 9.59 Å². The molecule has 30 heavy (non-hydrogen) atoms. The Morgan fingerprint density at radius 3 is 2.23 bits per heavy atom. The van der Waals surface area contributed by atoms with Gasteiger partial charge in [0.2, 0.25) is 11.8 Å². The van der Waals surface area contributed by atoms with Gasteiger partial charge < -0.3 is 16.0 Å². The Morgan fingerprint density at radius 1 is 0.833 bits per heavy atom. The van der Waals surface area contributed by atoms with Gasteiger partial charge in [-0.05, 0) is 42.5 Å². The molecule has 152 valence electrons. The highest BCUT2D eigenvalue weighted by molar-refractivity contribution is 7.99. The molecule has 3 rings (SSSR count). The number of hydrogen-bond donors (Lipinski definition) is 3. The van der Waals surface area contributed by atoms with Gasteiger partial charge in [0.05, 0.1) is 5.75 Å². The molecule has 3 N–H and O–H groups in total. The summed E-state index contributed by atoms with van der Waals surface area (Å²) in [5.74, 6) is -0.216. The summed E-state index contributed by atoms with van der Waals surface area (Å²) < 4.78 is 0. The first-order valence-corrected chi connectivity index (χ1v) is 9.98. The van der Waals surface area contributed by atoms with Gasteiger partial charge in [-0.25, -0.2) is 0 Å². The van der Waals surface area contributed by atoms with Crippen LogP contribution < -0.4 is 16.0 Å². The highest BCUT2D eigenvalue weighted by Crippen LogP contribution is 2.18. The highest BCUT2D eigenvalue weighted by atomic mass is 32.2. The number of aromatic nitrogens is 2. The van der Waals surface area contributed by atoms with E-state index >= 15 is 0 Å². The van der Waals surface area contributed by atoms with Crippen molar-refractivity contribution in [2.24, 2.45) is 0 Å². The fourth-order valence-electron chi connectivity index (χ4n) is 2.46. The third-order valence-electron chi connectivity index (χ3n) is 3.74. The van der Waals surface area contributed by atoms with Crippen LogP contribution >= 0.6 is 11.8 Å². The molecule has 9 heteroatoms. The molecule has 1 aromatic heterocycles. The summed E-state index contributed by atoms with van der Waals surface area (Å²) in [7, 11) is 0. The molecule has 8 nitrogen and oxygen atoms in total. The second-order valence-corrected chi connectivity index (χ2v) is 7.17. The smallest absolute Gasteiger partial charge is 0.256 e. The fraction of sp³-hybridized carbons (Fsp3) is 0.0952. The molecular formula is C21H19N5O3S. The summed E-state index contributed by atoms with van der Waals surface area (Å²) in [6, 6.07) is 19.0. The number of anilines is 3. The van der Waals surface area contributed by atoms with Crippen molar-refractivity contribution in [1.29, 1.82) is 0 Å². The van der Waals surface area contributed by atoms with Gasteiger partial charge in [-0.1, -0.05) is 36.0 Å². The molecule has 0 saturated carbocycles. The Hall–Kier alpha value is -3.72. The Kier molecular flexibility index (Phi) is 7.12. The van der Waals surface area contributed by atoms with Crippen LogP contribution in [-0.4, -0.2) is 33.7 Å². The number of carbonyl (C=O) groups is 3. The predicted molar refractivity (Wildman–Crippen MR) is 117 cm³/mol. The minimum Gasteiger partial charge on any atom is -0.326 e. The molecule has 0 fully saturated rings. The minimum absolute atomic E-state index is 0.134. The first-order chi connectivity index (χ1) is 14.5. The molecule has 2 aromatic carbocycles. The van der Waals surface area contributed by atoms with Crippen LogP contribution in [0.1, 0.15) is 17.3 Å². The fourth-order valence-corrected chi connectivity index (χ4v) is 3.07. The maximum absolute atomic E-state index is 12.2. The van der Waals surface area contributed by atoms with Gasteiger partial charge in [0.25, 0.3) is 5.91 Å². The van der Waals surface area contributed by atoms with E-state index in [4.69, 9.17) is 0 Å². The van der Waals surface area contributed by atoms with Gasteiger partial charge in [0.15, 0.2) is 5.82 Å². The van der Waals surface area contributed by atoms with E-state index < -0.39 is 0 Å². The molecule has 0 aliphatic carbocycles. The molecule has 0 radical (unpaired) electrons. The molecule has 0 bridgehead atoms. The normalized spacial score (nSPS) is 10.2. The van der Waals surface area contributed by atoms with Gasteiger partial charge in [0.1, 0.15) is 5.03 Å². The van der Waals surface area contributed by atoms with E-state index in [9.17, 15) is 14.4 Å². The van der Waals surface area contributed by atoms with Gasteiger partial charge in [-0.3, -0.25) is 14.4 Å². The zero-order valence-corrected chi connectivity index (χ0v) is 16.9. The van der Waals surface area contributed by atoms with Crippen LogP contribution in [0.4, 0.5) is 17.2 Å². The number of nitrogens with zero attached hydrogens (tertiary/aromatic N) is 2. The largest absolute Gasteiger partial charge is 0.326 e. The van der Waals surface area contributed by atoms with Crippen molar-refractivity contribution in [3.05, 3.63) is 72.3 Å². The van der Waals surface area contributed by atoms with E-state index in [1.165, 1.54) is 18.7 Å². The molecule has 3 amide bonds. The SMILES string of the molecule is CC(=O)Nc1cccc(NC(=O)CSc2ccc(NC(=O)c3ccccc3)nn2)c1. The lowest BCUT2D eigenvalue weighted by Gasteiger charge is -2.08. The lowest BCUT2D eigenvalue weighted by molar-refractivity contribution is -0.114. The van der Waals surface area contributed by atoms with Crippen LogP contribution in [0.25, 0.3) is 0 Å². The minimum atomic E-state index is -0.272. The van der Waals surface area contributed by atoms with Gasteiger partial charge in [-0.15, -0.1) is 10.2 Å². The first kappa shape index (κ1) is 21.0. The van der Waals surface area contributed by atoms with Crippen LogP contribution in [0.3, 0.4) is 0 Å². The van der Waals surface area contributed by atoms with Crippen molar-refractivity contribution in [2.75, 3.05) is 21.7 Å². The molecule has 0 atom stereocenters. The summed E-state index contributed by atoms with van der Waals surface area (Å²) in [6.45, 7) is 1.42. The van der Waals surface area contributed by atoms with Crippen molar-refractivity contribution in [3.8, 4) is 0 Å². The average molecular weight is 421 g/mol. The lowest BCUT2D eigenvalue weighted by atomic mass is 10.2. The molecule has 0 aliphatic rings.